The van der Waals surface area contributed by atoms with E-state index < -0.39 is 10.0 Å². The van der Waals surface area contributed by atoms with Crippen molar-refractivity contribution in [2.75, 3.05) is 13.1 Å². The van der Waals surface area contributed by atoms with Gasteiger partial charge in [-0.3, -0.25) is 4.68 Å². The van der Waals surface area contributed by atoms with Crippen LogP contribution in [0.2, 0.25) is 0 Å². The number of rotatable bonds is 3. The standard InChI is InChI=1S/C17H26N4O2S/c1-12(2)21-15-6-5-14(9-13(15)10-19-21)24(22,23)20-8-7-16(18)17(3,4)11-20/h5-6,9-10,12,16H,7-8,11,18H2,1-4H3. The van der Waals surface area contributed by atoms with Crippen molar-refractivity contribution in [3.8, 4) is 0 Å². The summed E-state index contributed by atoms with van der Waals surface area (Å²) >= 11 is 0. The Morgan fingerprint density at radius 3 is 2.67 bits per heavy atom. The number of sulfonamides is 1. The third-order valence-corrected chi connectivity index (χ3v) is 6.81. The van der Waals surface area contributed by atoms with Gasteiger partial charge in [-0.15, -0.1) is 0 Å². The minimum atomic E-state index is -3.52. The lowest BCUT2D eigenvalue weighted by Gasteiger charge is -2.41. The van der Waals surface area contributed by atoms with Crippen LogP contribution in [0.15, 0.2) is 29.3 Å². The Morgan fingerprint density at radius 2 is 2.04 bits per heavy atom. The maximum Gasteiger partial charge on any atom is 0.243 e. The molecular weight excluding hydrogens is 324 g/mol. The van der Waals surface area contributed by atoms with Gasteiger partial charge in [0.05, 0.1) is 16.6 Å². The molecule has 24 heavy (non-hydrogen) atoms. The number of fused-ring (bicyclic) bond motifs is 1. The van der Waals surface area contributed by atoms with E-state index in [1.165, 1.54) is 0 Å². The number of benzene rings is 1. The first kappa shape index (κ1) is 17.4. The quantitative estimate of drug-likeness (QED) is 0.921. The Balaban J connectivity index is 1.97. The number of nitrogens with zero attached hydrogens (tertiary/aromatic N) is 3. The van der Waals surface area contributed by atoms with E-state index in [0.29, 0.717) is 24.4 Å². The predicted octanol–water partition coefficient (Wildman–Crippen LogP) is 2.37. The summed E-state index contributed by atoms with van der Waals surface area (Å²) < 4.78 is 29.5. The fourth-order valence-electron chi connectivity index (χ4n) is 3.28. The summed E-state index contributed by atoms with van der Waals surface area (Å²) in [6.45, 7) is 9.06. The molecule has 0 spiro atoms. The van der Waals surface area contributed by atoms with Crippen molar-refractivity contribution in [2.24, 2.45) is 11.1 Å². The van der Waals surface area contributed by atoms with Crippen LogP contribution < -0.4 is 5.73 Å². The molecule has 1 unspecified atom stereocenters. The molecule has 132 valence electrons. The zero-order valence-corrected chi connectivity index (χ0v) is 15.5. The molecule has 1 saturated heterocycles. The summed E-state index contributed by atoms with van der Waals surface area (Å²) in [5.41, 5.74) is 6.85. The van der Waals surface area contributed by atoms with Crippen molar-refractivity contribution in [2.45, 2.75) is 51.1 Å². The molecule has 2 heterocycles. The first-order valence-corrected chi connectivity index (χ1v) is 9.80. The highest BCUT2D eigenvalue weighted by atomic mass is 32.2. The first-order valence-electron chi connectivity index (χ1n) is 8.36. The Labute approximate surface area is 143 Å². The van der Waals surface area contributed by atoms with Crippen LogP contribution in [0.3, 0.4) is 0 Å². The Hall–Kier alpha value is -1.44. The molecule has 7 heteroatoms. The van der Waals surface area contributed by atoms with Gasteiger partial charge in [0.15, 0.2) is 0 Å². The van der Waals surface area contributed by atoms with E-state index in [0.717, 1.165) is 10.9 Å². The van der Waals surface area contributed by atoms with E-state index in [1.807, 2.05) is 24.6 Å². The Morgan fingerprint density at radius 1 is 1.33 bits per heavy atom. The lowest BCUT2D eigenvalue weighted by atomic mass is 9.81. The van der Waals surface area contributed by atoms with Crippen molar-refractivity contribution in [1.82, 2.24) is 14.1 Å². The van der Waals surface area contributed by atoms with E-state index in [4.69, 9.17) is 5.73 Å². The number of aromatic nitrogens is 2. The normalized spacial score (nSPS) is 22.3. The number of hydrogen-bond acceptors (Lipinski definition) is 4. The van der Waals surface area contributed by atoms with E-state index >= 15 is 0 Å². The molecule has 0 saturated carbocycles. The van der Waals surface area contributed by atoms with E-state index in [9.17, 15) is 8.42 Å². The van der Waals surface area contributed by atoms with Crippen LogP contribution in [0.1, 0.15) is 40.2 Å². The number of nitrogens with two attached hydrogens (primary N) is 1. The monoisotopic (exact) mass is 350 g/mol. The molecule has 0 amide bonds. The molecule has 1 aromatic carbocycles. The lowest BCUT2D eigenvalue weighted by Crippen LogP contribution is -2.53. The molecule has 1 aliphatic heterocycles. The first-order chi connectivity index (χ1) is 11.1. The van der Waals surface area contributed by atoms with Gasteiger partial charge in [0.25, 0.3) is 0 Å². The third-order valence-electron chi connectivity index (χ3n) is 4.97. The SMILES string of the molecule is CC(C)n1ncc2cc(S(=O)(=O)N3CCC(N)C(C)(C)C3)ccc21. The summed E-state index contributed by atoms with van der Waals surface area (Å²) in [6, 6.07) is 5.50. The van der Waals surface area contributed by atoms with Crippen LogP contribution in [0, 0.1) is 5.41 Å². The molecule has 2 N–H and O–H groups in total. The molecule has 3 rings (SSSR count). The van der Waals surface area contributed by atoms with Gasteiger partial charge >= 0.3 is 0 Å². The van der Waals surface area contributed by atoms with Crippen LogP contribution >= 0.6 is 0 Å². The van der Waals surface area contributed by atoms with Gasteiger partial charge in [0, 0.05) is 30.6 Å². The van der Waals surface area contributed by atoms with Crippen LogP contribution in [0.4, 0.5) is 0 Å². The van der Waals surface area contributed by atoms with Crippen molar-refractivity contribution in [1.29, 1.82) is 0 Å². The summed E-state index contributed by atoms with van der Waals surface area (Å²) in [5.74, 6) is 0. The molecule has 0 radical (unpaired) electrons. The number of hydrogen-bond donors (Lipinski definition) is 1. The van der Waals surface area contributed by atoms with Crippen molar-refractivity contribution in [3.63, 3.8) is 0 Å². The topological polar surface area (TPSA) is 81.2 Å². The zero-order valence-electron chi connectivity index (χ0n) is 14.7. The van der Waals surface area contributed by atoms with Crippen molar-refractivity contribution < 1.29 is 8.42 Å². The average molecular weight is 350 g/mol. The van der Waals surface area contributed by atoms with Crippen LogP contribution in [0.25, 0.3) is 10.9 Å². The highest BCUT2D eigenvalue weighted by molar-refractivity contribution is 7.89. The van der Waals surface area contributed by atoms with E-state index in [2.05, 4.69) is 18.9 Å². The van der Waals surface area contributed by atoms with Gasteiger partial charge in [0.1, 0.15) is 0 Å². The fraction of sp³-hybridized carbons (Fsp3) is 0.588. The largest absolute Gasteiger partial charge is 0.327 e. The molecule has 2 aromatic rings. The second-order valence-corrected chi connectivity index (χ2v) is 9.56. The summed E-state index contributed by atoms with van der Waals surface area (Å²) in [5, 5.41) is 5.20. The molecule has 1 atom stereocenters. The Kier molecular flexibility index (Phi) is 4.22. The second kappa shape index (κ2) is 5.82. The van der Waals surface area contributed by atoms with Crippen LogP contribution in [-0.2, 0) is 10.0 Å². The summed E-state index contributed by atoms with van der Waals surface area (Å²) in [6.07, 6.45) is 2.41. The predicted molar refractivity (Wildman–Crippen MR) is 95.3 cm³/mol. The smallest absolute Gasteiger partial charge is 0.243 e. The van der Waals surface area contributed by atoms with E-state index in [1.54, 1.807) is 22.6 Å². The van der Waals surface area contributed by atoms with Gasteiger partial charge in [-0.2, -0.15) is 9.40 Å². The van der Waals surface area contributed by atoms with Crippen molar-refractivity contribution >= 4 is 20.9 Å². The molecule has 0 aliphatic carbocycles. The fourth-order valence-corrected chi connectivity index (χ4v) is 4.94. The van der Waals surface area contributed by atoms with Gasteiger partial charge in [-0.25, -0.2) is 8.42 Å². The molecule has 1 aromatic heterocycles. The molecular formula is C17H26N4O2S. The second-order valence-electron chi connectivity index (χ2n) is 7.63. The molecule has 1 aliphatic rings. The van der Waals surface area contributed by atoms with Crippen LogP contribution in [0.5, 0.6) is 0 Å². The molecule has 6 nitrogen and oxygen atoms in total. The minimum Gasteiger partial charge on any atom is -0.327 e. The lowest BCUT2D eigenvalue weighted by molar-refractivity contribution is 0.155. The van der Waals surface area contributed by atoms with Gasteiger partial charge in [-0.1, -0.05) is 13.8 Å². The van der Waals surface area contributed by atoms with Gasteiger partial charge < -0.3 is 5.73 Å². The highest BCUT2D eigenvalue weighted by Crippen LogP contribution is 2.32. The minimum absolute atomic E-state index is 0.0238. The Bertz CT molecular complexity index is 855. The summed E-state index contributed by atoms with van der Waals surface area (Å²) in [7, 11) is -3.52. The van der Waals surface area contributed by atoms with Crippen LogP contribution in [-0.4, -0.2) is 41.6 Å². The van der Waals surface area contributed by atoms with E-state index in [-0.39, 0.29) is 17.5 Å². The van der Waals surface area contributed by atoms with Crippen molar-refractivity contribution in [3.05, 3.63) is 24.4 Å². The van der Waals surface area contributed by atoms with Gasteiger partial charge in [0.2, 0.25) is 10.0 Å². The maximum atomic E-state index is 13.0. The zero-order chi connectivity index (χ0) is 17.7. The summed E-state index contributed by atoms with van der Waals surface area (Å²) in [4.78, 5) is 0.324. The molecule has 1 fully saturated rings. The average Bonchev–Trinajstić information content (AvgIpc) is 2.93. The highest BCUT2D eigenvalue weighted by Gasteiger charge is 2.38. The van der Waals surface area contributed by atoms with Gasteiger partial charge in [-0.05, 0) is 43.9 Å². The molecule has 0 bridgehead atoms. The number of piperidine rings is 1. The third kappa shape index (κ3) is 2.85. The maximum absolute atomic E-state index is 13.0.